The van der Waals surface area contributed by atoms with Gasteiger partial charge in [0, 0.05) is 24.6 Å². The summed E-state index contributed by atoms with van der Waals surface area (Å²) >= 11 is 0. The Morgan fingerprint density at radius 3 is 2.71 bits per heavy atom. The van der Waals surface area contributed by atoms with E-state index in [1.54, 1.807) is 23.9 Å². The Hall–Kier alpha value is -2.64. The molecule has 0 aliphatic carbocycles. The number of carboxylic acids is 1. The van der Waals surface area contributed by atoms with Crippen LogP contribution in [0.1, 0.15) is 30.4 Å². The Labute approximate surface area is 121 Å². The lowest BCUT2D eigenvalue weighted by atomic mass is 10.2. The van der Waals surface area contributed by atoms with Crippen molar-refractivity contribution in [2.24, 2.45) is 0 Å². The smallest absolute Gasteiger partial charge is 0.354 e. The molecule has 2 N–H and O–H groups in total. The van der Waals surface area contributed by atoms with E-state index in [0.29, 0.717) is 6.54 Å². The van der Waals surface area contributed by atoms with Crippen molar-refractivity contribution in [3.05, 3.63) is 36.4 Å². The Bertz CT molecular complexity index is 620. The summed E-state index contributed by atoms with van der Waals surface area (Å²) in [6.45, 7) is 4.00. The Morgan fingerprint density at radius 1 is 1.33 bits per heavy atom. The fourth-order valence-corrected chi connectivity index (χ4v) is 2.00. The van der Waals surface area contributed by atoms with Crippen molar-refractivity contribution in [2.75, 3.05) is 0 Å². The molecule has 8 nitrogen and oxygen atoms in total. The lowest BCUT2D eigenvalue weighted by Crippen LogP contribution is -2.40. The van der Waals surface area contributed by atoms with E-state index >= 15 is 0 Å². The van der Waals surface area contributed by atoms with Crippen LogP contribution in [0, 0.1) is 0 Å². The van der Waals surface area contributed by atoms with Crippen molar-refractivity contribution < 1.29 is 14.7 Å². The van der Waals surface area contributed by atoms with Gasteiger partial charge in [-0.15, -0.1) is 0 Å². The Balaban J connectivity index is 1.99. The van der Waals surface area contributed by atoms with Gasteiger partial charge in [-0.2, -0.15) is 10.2 Å². The van der Waals surface area contributed by atoms with Crippen LogP contribution in [0.15, 0.2) is 30.7 Å². The van der Waals surface area contributed by atoms with Gasteiger partial charge in [-0.25, -0.2) is 9.48 Å². The van der Waals surface area contributed by atoms with Crippen LogP contribution < -0.4 is 5.32 Å². The molecule has 2 aromatic heterocycles. The first kappa shape index (κ1) is 14.8. The van der Waals surface area contributed by atoms with Gasteiger partial charge in [0.05, 0.1) is 6.54 Å². The third kappa shape index (κ3) is 3.47. The molecule has 2 heterocycles. The highest BCUT2D eigenvalue weighted by atomic mass is 16.4. The summed E-state index contributed by atoms with van der Waals surface area (Å²) in [6.07, 6.45) is 4.84. The summed E-state index contributed by atoms with van der Waals surface area (Å²) < 4.78 is 2.91. The normalized spacial score (nSPS) is 13.6. The summed E-state index contributed by atoms with van der Waals surface area (Å²) in [7, 11) is 0. The monoisotopic (exact) mass is 291 g/mol. The summed E-state index contributed by atoms with van der Waals surface area (Å²) in [6, 6.07) is 2.33. The minimum absolute atomic E-state index is 0.0163. The zero-order valence-corrected chi connectivity index (χ0v) is 11.8. The molecule has 2 unspecified atom stereocenters. The lowest BCUT2D eigenvalue weighted by molar-refractivity contribution is -0.124. The molecule has 0 saturated heterocycles. The number of rotatable bonds is 6. The average molecular weight is 291 g/mol. The molecular formula is C13H17N5O3. The Kier molecular flexibility index (Phi) is 4.36. The SMILES string of the molecule is CC(Cn1cccn1)NC(=O)C(C)n1nccc1C(=O)O. The maximum Gasteiger partial charge on any atom is 0.354 e. The first-order valence-electron chi connectivity index (χ1n) is 6.53. The molecule has 0 saturated carbocycles. The number of carbonyl (C=O) groups is 2. The summed E-state index contributed by atoms with van der Waals surface area (Å²) in [5.41, 5.74) is -0.0163. The molecule has 0 aliphatic heterocycles. The van der Waals surface area contributed by atoms with Crippen molar-refractivity contribution in [1.82, 2.24) is 24.9 Å². The maximum atomic E-state index is 12.2. The van der Waals surface area contributed by atoms with Crippen molar-refractivity contribution in [3.8, 4) is 0 Å². The predicted octanol–water partition coefficient (Wildman–Crippen LogP) is 0.544. The van der Waals surface area contributed by atoms with E-state index in [9.17, 15) is 9.59 Å². The number of amides is 1. The van der Waals surface area contributed by atoms with Crippen LogP contribution in [0.4, 0.5) is 0 Å². The van der Waals surface area contributed by atoms with Gasteiger partial charge < -0.3 is 10.4 Å². The van der Waals surface area contributed by atoms with Gasteiger partial charge in [0.25, 0.3) is 0 Å². The zero-order valence-electron chi connectivity index (χ0n) is 11.8. The third-order valence-corrected chi connectivity index (χ3v) is 3.04. The van der Waals surface area contributed by atoms with E-state index in [0.717, 1.165) is 0 Å². The first-order chi connectivity index (χ1) is 9.99. The van der Waals surface area contributed by atoms with Gasteiger partial charge >= 0.3 is 5.97 Å². The van der Waals surface area contributed by atoms with Gasteiger partial charge in [-0.1, -0.05) is 0 Å². The lowest BCUT2D eigenvalue weighted by Gasteiger charge is -2.18. The summed E-state index contributed by atoms with van der Waals surface area (Å²) in [5, 5.41) is 19.8. The molecule has 0 aliphatic rings. The van der Waals surface area contributed by atoms with Crippen molar-refractivity contribution in [2.45, 2.75) is 32.5 Å². The topological polar surface area (TPSA) is 102 Å². The maximum absolute atomic E-state index is 12.2. The Morgan fingerprint density at radius 2 is 2.10 bits per heavy atom. The quantitative estimate of drug-likeness (QED) is 0.809. The van der Waals surface area contributed by atoms with Crippen LogP contribution in [-0.4, -0.2) is 42.6 Å². The molecule has 8 heteroatoms. The second-order valence-electron chi connectivity index (χ2n) is 4.78. The number of aromatic nitrogens is 4. The van der Waals surface area contributed by atoms with Gasteiger partial charge in [-0.3, -0.25) is 9.48 Å². The highest BCUT2D eigenvalue weighted by Gasteiger charge is 2.22. The van der Waals surface area contributed by atoms with Crippen molar-refractivity contribution in [3.63, 3.8) is 0 Å². The minimum atomic E-state index is -1.11. The fraction of sp³-hybridized carbons (Fsp3) is 0.385. The molecule has 21 heavy (non-hydrogen) atoms. The van der Waals surface area contributed by atoms with E-state index in [1.807, 2.05) is 13.1 Å². The average Bonchev–Trinajstić information content (AvgIpc) is 3.07. The standard InChI is InChI=1S/C13H17N5O3/c1-9(8-17-7-3-5-14-17)16-12(19)10(2)18-11(13(20)21)4-6-15-18/h3-7,9-10H,8H2,1-2H3,(H,16,19)(H,20,21). The number of carboxylic acid groups (broad SMARTS) is 1. The van der Waals surface area contributed by atoms with Crippen molar-refractivity contribution in [1.29, 1.82) is 0 Å². The van der Waals surface area contributed by atoms with Crippen LogP contribution in [0.3, 0.4) is 0 Å². The minimum Gasteiger partial charge on any atom is -0.477 e. The van der Waals surface area contributed by atoms with E-state index in [1.165, 1.54) is 16.9 Å². The third-order valence-electron chi connectivity index (χ3n) is 3.04. The van der Waals surface area contributed by atoms with Gasteiger partial charge in [0.1, 0.15) is 11.7 Å². The van der Waals surface area contributed by atoms with E-state index < -0.39 is 12.0 Å². The molecule has 0 aromatic carbocycles. The second kappa shape index (κ2) is 6.21. The van der Waals surface area contributed by atoms with Crippen LogP contribution in [-0.2, 0) is 11.3 Å². The van der Waals surface area contributed by atoms with Crippen LogP contribution in [0.2, 0.25) is 0 Å². The molecule has 0 radical (unpaired) electrons. The fourth-order valence-electron chi connectivity index (χ4n) is 2.00. The molecule has 1 amide bonds. The zero-order chi connectivity index (χ0) is 15.4. The number of carbonyl (C=O) groups excluding carboxylic acids is 1. The van der Waals surface area contributed by atoms with Crippen molar-refractivity contribution >= 4 is 11.9 Å². The summed E-state index contributed by atoms with van der Waals surface area (Å²) in [5.74, 6) is -1.41. The highest BCUT2D eigenvalue weighted by Crippen LogP contribution is 2.09. The molecule has 0 spiro atoms. The molecule has 0 bridgehead atoms. The van der Waals surface area contributed by atoms with E-state index in [4.69, 9.17) is 5.11 Å². The number of hydrogen-bond acceptors (Lipinski definition) is 4. The van der Waals surface area contributed by atoms with Crippen LogP contribution >= 0.6 is 0 Å². The van der Waals surface area contributed by atoms with Gasteiger partial charge in [0.2, 0.25) is 5.91 Å². The van der Waals surface area contributed by atoms with E-state index in [2.05, 4.69) is 15.5 Å². The highest BCUT2D eigenvalue weighted by molar-refractivity contribution is 5.87. The van der Waals surface area contributed by atoms with Crippen LogP contribution in [0.5, 0.6) is 0 Å². The first-order valence-corrected chi connectivity index (χ1v) is 6.53. The molecule has 112 valence electrons. The molecule has 2 atom stereocenters. The predicted molar refractivity (Wildman–Crippen MR) is 73.7 cm³/mol. The molecular weight excluding hydrogens is 274 g/mol. The van der Waals surface area contributed by atoms with Gasteiger partial charge in [0.15, 0.2) is 0 Å². The number of nitrogens with one attached hydrogen (secondary N) is 1. The second-order valence-corrected chi connectivity index (χ2v) is 4.78. The molecule has 0 fully saturated rings. The van der Waals surface area contributed by atoms with Gasteiger partial charge in [-0.05, 0) is 26.0 Å². The number of aromatic carboxylic acids is 1. The summed E-state index contributed by atoms with van der Waals surface area (Å²) in [4.78, 5) is 23.2. The van der Waals surface area contributed by atoms with Crippen LogP contribution in [0.25, 0.3) is 0 Å². The molecule has 2 rings (SSSR count). The largest absolute Gasteiger partial charge is 0.477 e. The number of hydrogen-bond donors (Lipinski definition) is 2. The van der Waals surface area contributed by atoms with E-state index in [-0.39, 0.29) is 17.6 Å². The molecule has 2 aromatic rings. The number of nitrogens with zero attached hydrogens (tertiary/aromatic N) is 4.